The Morgan fingerprint density at radius 2 is 2.26 bits per heavy atom. The van der Waals surface area contributed by atoms with Crippen molar-refractivity contribution in [3.05, 3.63) is 24.2 Å². The predicted octanol–water partition coefficient (Wildman–Crippen LogP) is 1.05. The molecule has 1 aliphatic heterocycles. The summed E-state index contributed by atoms with van der Waals surface area (Å²) in [5, 5.41) is 3.39. The maximum atomic E-state index is 11.5. The minimum Gasteiger partial charge on any atom is -0.468 e. The van der Waals surface area contributed by atoms with Gasteiger partial charge in [-0.1, -0.05) is 0 Å². The molecule has 0 bridgehead atoms. The summed E-state index contributed by atoms with van der Waals surface area (Å²) in [7, 11) is -2.81. The van der Waals surface area contributed by atoms with E-state index in [1.54, 1.807) is 6.26 Å². The molecule has 5 nitrogen and oxygen atoms in total. The van der Waals surface area contributed by atoms with Gasteiger partial charge in [-0.15, -0.1) is 0 Å². The molecular formula is C13H22N2O3S. The molecule has 1 atom stereocenters. The third-order valence-corrected chi connectivity index (χ3v) is 5.21. The molecule has 0 radical (unpaired) electrons. The van der Waals surface area contributed by atoms with Crippen molar-refractivity contribution in [2.45, 2.75) is 19.4 Å². The lowest BCUT2D eigenvalue weighted by Gasteiger charge is -2.20. The topological polar surface area (TPSA) is 62.6 Å². The van der Waals surface area contributed by atoms with Crippen LogP contribution in [0.2, 0.25) is 0 Å². The lowest BCUT2D eigenvalue weighted by molar-refractivity contribution is 0.286. The average molecular weight is 286 g/mol. The van der Waals surface area contributed by atoms with Crippen LogP contribution in [0.25, 0.3) is 0 Å². The summed E-state index contributed by atoms with van der Waals surface area (Å²) >= 11 is 0. The fourth-order valence-electron chi connectivity index (χ4n) is 2.29. The third kappa shape index (κ3) is 4.63. The molecule has 1 aromatic heterocycles. The van der Waals surface area contributed by atoms with Crippen LogP contribution < -0.4 is 5.32 Å². The van der Waals surface area contributed by atoms with E-state index in [2.05, 4.69) is 17.1 Å². The summed E-state index contributed by atoms with van der Waals surface area (Å²) in [6, 6.07) is 4.02. The first-order valence-corrected chi connectivity index (χ1v) is 8.58. The minimum absolute atomic E-state index is 0.186. The number of sulfone groups is 1. The van der Waals surface area contributed by atoms with Crippen LogP contribution in [0.4, 0.5) is 0 Å². The molecule has 6 heteroatoms. The van der Waals surface area contributed by atoms with E-state index < -0.39 is 9.84 Å². The maximum Gasteiger partial charge on any atom is 0.151 e. The van der Waals surface area contributed by atoms with E-state index in [9.17, 15) is 8.42 Å². The van der Waals surface area contributed by atoms with Crippen LogP contribution >= 0.6 is 0 Å². The van der Waals surface area contributed by atoms with Gasteiger partial charge in [-0.25, -0.2) is 8.42 Å². The Balaban J connectivity index is 1.71. The molecule has 2 rings (SSSR count). The highest BCUT2D eigenvalue weighted by Crippen LogP contribution is 2.11. The van der Waals surface area contributed by atoms with Gasteiger partial charge >= 0.3 is 0 Å². The van der Waals surface area contributed by atoms with Crippen molar-refractivity contribution in [2.75, 3.05) is 37.7 Å². The van der Waals surface area contributed by atoms with Crippen molar-refractivity contribution in [2.24, 2.45) is 0 Å². The van der Waals surface area contributed by atoms with Gasteiger partial charge in [-0.3, -0.25) is 0 Å². The van der Waals surface area contributed by atoms with Gasteiger partial charge in [0, 0.05) is 19.6 Å². The van der Waals surface area contributed by atoms with Gasteiger partial charge in [-0.2, -0.15) is 0 Å². The number of hydrogen-bond acceptors (Lipinski definition) is 5. The Labute approximate surface area is 114 Å². The van der Waals surface area contributed by atoms with E-state index in [0.717, 1.165) is 31.8 Å². The zero-order valence-corrected chi connectivity index (χ0v) is 12.2. The number of nitrogens with zero attached hydrogens (tertiary/aromatic N) is 1. The largest absolute Gasteiger partial charge is 0.468 e. The number of rotatable bonds is 5. The zero-order valence-electron chi connectivity index (χ0n) is 11.3. The van der Waals surface area contributed by atoms with Crippen LogP contribution in [-0.4, -0.2) is 51.0 Å². The summed E-state index contributed by atoms with van der Waals surface area (Å²) in [5.74, 6) is 1.55. The van der Waals surface area contributed by atoms with Gasteiger partial charge in [0.2, 0.25) is 0 Å². The van der Waals surface area contributed by atoms with E-state index in [0.29, 0.717) is 18.1 Å². The molecule has 1 fully saturated rings. The van der Waals surface area contributed by atoms with Crippen molar-refractivity contribution < 1.29 is 12.8 Å². The summed E-state index contributed by atoms with van der Waals surface area (Å²) in [6.45, 7) is 5.30. The Hall–Kier alpha value is -0.850. The Bertz CT molecular complexity index is 470. The lowest BCUT2D eigenvalue weighted by Crippen LogP contribution is -2.35. The summed E-state index contributed by atoms with van der Waals surface area (Å²) in [4.78, 5) is 2.21. The van der Waals surface area contributed by atoms with E-state index in [4.69, 9.17) is 4.42 Å². The van der Waals surface area contributed by atoms with Gasteiger partial charge in [-0.05, 0) is 32.0 Å². The first kappa shape index (κ1) is 14.6. The monoisotopic (exact) mass is 286 g/mol. The van der Waals surface area contributed by atoms with Crippen LogP contribution in [0.1, 0.15) is 25.1 Å². The zero-order chi connectivity index (χ0) is 13.7. The first-order valence-electron chi connectivity index (χ1n) is 6.76. The van der Waals surface area contributed by atoms with Crippen molar-refractivity contribution in [3.8, 4) is 0 Å². The van der Waals surface area contributed by atoms with Gasteiger partial charge < -0.3 is 14.6 Å². The second kappa shape index (κ2) is 6.54. The standard InChI is InChI=1S/C13H22N2O3S/c1-12(13-4-2-9-18-13)14-5-7-15-6-3-10-19(16,17)11-8-15/h2,4,9,12,14H,3,5-8,10-11H2,1H3. The molecule has 1 aromatic rings. The molecule has 0 amide bonds. The van der Waals surface area contributed by atoms with Gasteiger partial charge in [0.15, 0.2) is 9.84 Å². The van der Waals surface area contributed by atoms with Crippen LogP contribution in [0, 0.1) is 0 Å². The second-order valence-electron chi connectivity index (χ2n) is 5.04. The predicted molar refractivity (Wildman–Crippen MR) is 74.8 cm³/mol. The van der Waals surface area contributed by atoms with Gasteiger partial charge in [0.25, 0.3) is 0 Å². The number of hydrogen-bond donors (Lipinski definition) is 1. The Morgan fingerprint density at radius 3 is 3.00 bits per heavy atom. The molecule has 0 aliphatic carbocycles. The third-order valence-electron chi connectivity index (χ3n) is 3.50. The molecule has 1 N–H and O–H groups in total. The second-order valence-corrected chi connectivity index (χ2v) is 7.34. The van der Waals surface area contributed by atoms with Crippen molar-refractivity contribution in [3.63, 3.8) is 0 Å². The van der Waals surface area contributed by atoms with Crippen LogP contribution in [0.5, 0.6) is 0 Å². The van der Waals surface area contributed by atoms with Crippen LogP contribution in [0.15, 0.2) is 22.8 Å². The van der Waals surface area contributed by atoms with Gasteiger partial charge in [0.1, 0.15) is 5.76 Å². The highest BCUT2D eigenvalue weighted by Gasteiger charge is 2.18. The molecule has 1 aliphatic rings. The highest BCUT2D eigenvalue weighted by atomic mass is 32.2. The molecule has 19 heavy (non-hydrogen) atoms. The Morgan fingerprint density at radius 1 is 1.42 bits per heavy atom. The summed E-state index contributed by atoms with van der Waals surface area (Å²) in [6.07, 6.45) is 2.42. The number of nitrogens with one attached hydrogen (secondary N) is 1. The first-order chi connectivity index (χ1) is 9.07. The average Bonchev–Trinajstić information content (AvgIpc) is 2.83. The van der Waals surface area contributed by atoms with Gasteiger partial charge in [0.05, 0.1) is 23.8 Å². The SMILES string of the molecule is CC(NCCN1CCCS(=O)(=O)CC1)c1ccco1. The molecule has 1 unspecified atom stereocenters. The van der Waals surface area contributed by atoms with Crippen LogP contribution in [-0.2, 0) is 9.84 Å². The van der Waals surface area contributed by atoms with E-state index in [1.807, 2.05) is 12.1 Å². The van der Waals surface area contributed by atoms with E-state index >= 15 is 0 Å². The normalized spacial score (nSPS) is 21.9. The van der Waals surface area contributed by atoms with E-state index in [-0.39, 0.29) is 6.04 Å². The van der Waals surface area contributed by atoms with Crippen LogP contribution in [0.3, 0.4) is 0 Å². The molecular weight excluding hydrogens is 264 g/mol. The molecule has 0 saturated carbocycles. The molecule has 0 aromatic carbocycles. The highest BCUT2D eigenvalue weighted by molar-refractivity contribution is 7.91. The molecule has 2 heterocycles. The Kier molecular flexibility index (Phi) is 5.01. The molecule has 0 spiro atoms. The van der Waals surface area contributed by atoms with Crippen molar-refractivity contribution in [1.29, 1.82) is 0 Å². The smallest absolute Gasteiger partial charge is 0.151 e. The minimum atomic E-state index is -2.81. The van der Waals surface area contributed by atoms with Crippen molar-refractivity contribution >= 4 is 9.84 Å². The summed E-state index contributed by atoms with van der Waals surface area (Å²) < 4.78 is 28.3. The fraction of sp³-hybridized carbons (Fsp3) is 0.692. The molecule has 1 saturated heterocycles. The fourth-order valence-corrected chi connectivity index (χ4v) is 3.60. The molecule has 108 valence electrons. The van der Waals surface area contributed by atoms with E-state index in [1.165, 1.54) is 0 Å². The summed E-state index contributed by atoms with van der Waals surface area (Å²) in [5.41, 5.74) is 0. The van der Waals surface area contributed by atoms with Crippen molar-refractivity contribution in [1.82, 2.24) is 10.2 Å². The lowest BCUT2D eigenvalue weighted by atomic mass is 10.2. The number of furan rings is 1. The maximum absolute atomic E-state index is 11.5. The quantitative estimate of drug-likeness (QED) is 0.876.